The molecule has 1 saturated heterocycles. The van der Waals surface area contributed by atoms with Crippen molar-refractivity contribution in [3.63, 3.8) is 0 Å². The van der Waals surface area contributed by atoms with E-state index < -0.39 is 0 Å². The lowest BCUT2D eigenvalue weighted by Gasteiger charge is -2.16. The molecule has 1 fully saturated rings. The molecule has 0 bridgehead atoms. The minimum atomic E-state index is 0.358. The molecular weight excluding hydrogens is 160 g/mol. The molecule has 0 amide bonds. The zero-order chi connectivity index (χ0) is 9.84. The van der Waals surface area contributed by atoms with Gasteiger partial charge in [-0.15, -0.1) is 0 Å². The number of allylic oxidation sites excluding steroid dienone is 1. The first-order valence-corrected chi connectivity index (χ1v) is 5.21. The lowest BCUT2D eigenvalue weighted by Crippen LogP contribution is -2.29. The van der Waals surface area contributed by atoms with Crippen molar-refractivity contribution in [1.29, 1.82) is 0 Å². The first kappa shape index (κ1) is 10.7. The van der Waals surface area contributed by atoms with Crippen molar-refractivity contribution in [1.82, 2.24) is 4.90 Å². The molecule has 2 heteroatoms. The smallest absolute Gasteiger partial charge is 0.0165 e. The van der Waals surface area contributed by atoms with Gasteiger partial charge in [0.25, 0.3) is 0 Å². The molecule has 1 rings (SSSR count). The molecule has 0 aromatic heterocycles. The van der Waals surface area contributed by atoms with E-state index in [9.17, 15) is 0 Å². The van der Waals surface area contributed by atoms with E-state index >= 15 is 0 Å². The van der Waals surface area contributed by atoms with Crippen LogP contribution in [0.1, 0.15) is 27.2 Å². The van der Waals surface area contributed by atoms with Gasteiger partial charge in [0.15, 0.2) is 0 Å². The Hall–Kier alpha value is -0.340. The number of rotatable bonds is 3. The Morgan fingerprint density at radius 1 is 1.62 bits per heavy atom. The van der Waals surface area contributed by atoms with E-state index in [0.29, 0.717) is 12.0 Å². The predicted octanol–water partition coefficient (Wildman–Crippen LogP) is 1.62. The van der Waals surface area contributed by atoms with Crippen molar-refractivity contribution in [2.75, 3.05) is 19.6 Å². The van der Waals surface area contributed by atoms with Crippen LogP contribution in [0.4, 0.5) is 0 Å². The predicted molar refractivity (Wildman–Crippen MR) is 57.6 cm³/mol. The SMILES string of the molecule is CC(C)=CCN1CCC(C(C)N)C1. The van der Waals surface area contributed by atoms with Gasteiger partial charge in [-0.2, -0.15) is 0 Å². The highest BCUT2D eigenvalue weighted by Crippen LogP contribution is 2.18. The zero-order valence-corrected chi connectivity index (χ0v) is 9.09. The van der Waals surface area contributed by atoms with Crippen molar-refractivity contribution in [2.24, 2.45) is 11.7 Å². The lowest BCUT2D eigenvalue weighted by molar-refractivity contribution is 0.346. The molecule has 0 radical (unpaired) electrons. The molecule has 1 aliphatic rings. The summed E-state index contributed by atoms with van der Waals surface area (Å²) in [6.07, 6.45) is 3.57. The van der Waals surface area contributed by atoms with Crippen molar-refractivity contribution in [3.05, 3.63) is 11.6 Å². The van der Waals surface area contributed by atoms with Gasteiger partial charge in [-0.25, -0.2) is 0 Å². The molecule has 13 heavy (non-hydrogen) atoms. The Labute approximate surface area is 81.8 Å². The maximum absolute atomic E-state index is 5.87. The normalized spacial score (nSPS) is 26.0. The Morgan fingerprint density at radius 3 is 2.77 bits per heavy atom. The standard InChI is InChI=1S/C11H22N2/c1-9(2)4-6-13-7-5-11(8-13)10(3)12/h4,10-11H,5-8,12H2,1-3H3. The van der Waals surface area contributed by atoms with E-state index in [1.807, 2.05) is 0 Å². The minimum absolute atomic E-state index is 0.358. The van der Waals surface area contributed by atoms with Crippen LogP contribution in [0.3, 0.4) is 0 Å². The third-order valence-corrected chi connectivity index (χ3v) is 2.81. The van der Waals surface area contributed by atoms with E-state index in [-0.39, 0.29) is 0 Å². The van der Waals surface area contributed by atoms with Gasteiger partial charge in [-0.3, -0.25) is 4.90 Å². The summed E-state index contributed by atoms with van der Waals surface area (Å²) in [5, 5.41) is 0. The summed E-state index contributed by atoms with van der Waals surface area (Å²) in [6.45, 7) is 9.93. The van der Waals surface area contributed by atoms with E-state index in [1.54, 1.807) is 0 Å². The Bertz CT molecular complexity index is 181. The van der Waals surface area contributed by atoms with Crippen molar-refractivity contribution < 1.29 is 0 Å². The molecule has 2 nitrogen and oxygen atoms in total. The van der Waals surface area contributed by atoms with Crippen molar-refractivity contribution >= 4 is 0 Å². The molecule has 76 valence electrons. The molecule has 0 aromatic rings. The third kappa shape index (κ3) is 3.49. The van der Waals surface area contributed by atoms with Crippen LogP contribution in [0.5, 0.6) is 0 Å². The van der Waals surface area contributed by atoms with E-state index in [1.165, 1.54) is 25.1 Å². The Kier molecular flexibility index (Phi) is 3.94. The maximum Gasteiger partial charge on any atom is 0.0165 e. The van der Waals surface area contributed by atoms with Crippen LogP contribution in [0, 0.1) is 5.92 Å². The number of hydrogen-bond acceptors (Lipinski definition) is 2. The van der Waals surface area contributed by atoms with Crippen molar-refractivity contribution in [3.8, 4) is 0 Å². The number of hydrogen-bond donors (Lipinski definition) is 1. The van der Waals surface area contributed by atoms with Crippen molar-refractivity contribution in [2.45, 2.75) is 33.2 Å². The first-order valence-electron chi connectivity index (χ1n) is 5.21. The van der Waals surface area contributed by atoms with Gasteiger partial charge in [0.2, 0.25) is 0 Å². The molecule has 2 unspecified atom stereocenters. The Morgan fingerprint density at radius 2 is 2.31 bits per heavy atom. The monoisotopic (exact) mass is 182 g/mol. The average Bonchev–Trinajstić information content (AvgIpc) is 2.48. The second kappa shape index (κ2) is 4.77. The fourth-order valence-electron chi connectivity index (χ4n) is 1.77. The first-order chi connectivity index (χ1) is 6.09. The quantitative estimate of drug-likeness (QED) is 0.672. The summed E-state index contributed by atoms with van der Waals surface area (Å²) in [6, 6.07) is 0.358. The second-order valence-corrected chi connectivity index (χ2v) is 4.45. The van der Waals surface area contributed by atoms with Gasteiger partial charge in [0.1, 0.15) is 0 Å². The highest BCUT2D eigenvalue weighted by atomic mass is 15.1. The van der Waals surface area contributed by atoms with Crippen LogP contribution in [0.15, 0.2) is 11.6 Å². The molecule has 2 atom stereocenters. The fourth-order valence-corrected chi connectivity index (χ4v) is 1.77. The van der Waals surface area contributed by atoms with E-state index in [4.69, 9.17) is 5.73 Å². The minimum Gasteiger partial charge on any atom is -0.328 e. The van der Waals surface area contributed by atoms with Gasteiger partial charge in [-0.1, -0.05) is 11.6 Å². The molecule has 1 aliphatic heterocycles. The third-order valence-electron chi connectivity index (χ3n) is 2.81. The molecule has 0 aromatic carbocycles. The summed E-state index contributed by atoms with van der Waals surface area (Å²) in [7, 11) is 0. The molecule has 1 heterocycles. The van der Waals surface area contributed by atoms with Crippen LogP contribution >= 0.6 is 0 Å². The number of likely N-dealkylation sites (tertiary alicyclic amines) is 1. The average molecular weight is 182 g/mol. The lowest BCUT2D eigenvalue weighted by atomic mass is 10.0. The van der Waals surface area contributed by atoms with Crippen LogP contribution < -0.4 is 5.73 Å². The Balaban J connectivity index is 2.29. The van der Waals surface area contributed by atoms with Crippen LogP contribution in [0.25, 0.3) is 0 Å². The van der Waals surface area contributed by atoms with Crippen LogP contribution in [0.2, 0.25) is 0 Å². The highest BCUT2D eigenvalue weighted by molar-refractivity contribution is 4.96. The van der Waals surface area contributed by atoms with E-state index in [0.717, 1.165) is 6.54 Å². The summed E-state index contributed by atoms with van der Waals surface area (Å²) >= 11 is 0. The molecule has 0 saturated carbocycles. The molecule has 0 spiro atoms. The summed E-state index contributed by atoms with van der Waals surface area (Å²) < 4.78 is 0. The topological polar surface area (TPSA) is 29.3 Å². The van der Waals surface area contributed by atoms with Gasteiger partial charge < -0.3 is 5.73 Å². The maximum atomic E-state index is 5.87. The van der Waals surface area contributed by atoms with Gasteiger partial charge >= 0.3 is 0 Å². The summed E-state index contributed by atoms with van der Waals surface area (Å²) in [4.78, 5) is 2.49. The fraction of sp³-hybridized carbons (Fsp3) is 0.818. The highest BCUT2D eigenvalue weighted by Gasteiger charge is 2.23. The second-order valence-electron chi connectivity index (χ2n) is 4.45. The number of nitrogens with zero attached hydrogens (tertiary/aromatic N) is 1. The van der Waals surface area contributed by atoms with Gasteiger partial charge in [0, 0.05) is 19.1 Å². The molecule has 2 N–H and O–H groups in total. The van der Waals surface area contributed by atoms with Crippen LogP contribution in [-0.2, 0) is 0 Å². The van der Waals surface area contributed by atoms with Gasteiger partial charge in [-0.05, 0) is 39.7 Å². The van der Waals surface area contributed by atoms with Gasteiger partial charge in [0.05, 0.1) is 0 Å². The van der Waals surface area contributed by atoms with Crippen LogP contribution in [-0.4, -0.2) is 30.6 Å². The largest absolute Gasteiger partial charge is 0.328 e. The summed E-state index contributed by atoms with van der Waals surface area (Å²) in [5.41, 5.74) is 7.28. The number of nitrogens with two attached hydrogens (primary N) is 1. The molecular formula is C11H22N2. The summed E-state index contributed by atoms with van der Waals surface area (Å²) in [5.74, 6) is 0.713. The van der Waals surface area contributed by atoms with E-state index in [2.05, 4.69) is 31.7 Å². The zero-order valence-electron chi connectivity index (χ0n) is 9.09. The molecule has 0 aliphatic carbocycles.